The van der Waals surface area contributed by atoms with Crippen LogP contribution >= 0.6 is 0 Å². The summed E-state index contributed by atoms with van der Waals surface area (Å²) in [6, 6.07) is 10.6. The van der Waals surface area contributed by atoms with Gasteiger partial charge in [0.2, 0.25) is 5.88 Å². The number of carbonyl (C=O) groups is 2. The highest BCUT2D eigenvalue weighted by atomic mass is 16.5. The molecule has 2 atom stereocenters. The number of amides is 1. The number of nitrogens with zero attached hydrogens (tertiary/aromatic N) is 5. The highest BCUT2D eigenvalue weighted by Crippen LogP contribution is 2.29. The predicted molar refractivity (Wildman–Crippen MR) is 122 cm³/mol. The first-order valence-electron chi connectivity index (χ1n) is 11.2. The summed E-state index contributed by atoms with van der Waals surface area (Å²) in [5.74, 6) is 0.199. The smallest absolute Gasteiger partial charge is 0.385 e. The zero-order valence-corrected chi connectivity index (χ0v) is 20.0. The zero-order chi connectivity index (χ0) is 25.1. The van der Waals surface area contributed by atoms with Crippen LogP contribution in [0.2, 0.25) is 0 Å². The number of esters is 1. The van der Waals surface area contributed by atoms with Gasteiger partial charge in [0.05, 0.1) is 30.3 Å². The molecule has 1 fully saturated rings. The molecule has 1 amide bonds. The summed E-state index contributed by atoms with van der Waals surface area (Å²) in [4.78, 5) is 36.3. The van der Waals surface area contributed by atoms with E-state index < -0.39 is 12.1 Å². The van der Waals surface area contributed by atoms with E-state index in [1.165, 1.54) is 19.4 Å². The number of ether oxygens (including phenoxy) is 2. The van der Waals surface area contributed by atoms with E-state index in [-0.39, 0.29) is 35.5 Å². The van der Waals surface area contributed by atoms with Crippen LogP contribution in [-0.2, 0) is 11.8 Å². The average molecular weight is 477 g/mol. The molecule has 3 heterocycles. The summed E-state index contributed by atoms with van der Waals surface area (Å²) in [5.41, 5.74) is 1.17. The van der Waals surface area contributed by atoms with E-state index in [1.807, 2.05) is 26.0 Å². The van der Waals surface area contributed by atoms with Crippen molar-refractivity contribution in [2.24, 2.45) is 7.05 Å². The number of piperidine rings is 1. The van der Waals surface area contributed by atoms with E-state index in [0.717, 1.165) is 0 Å². The number of carbonyl (C=O) groups excluding carboxylic acids is 2. The van der Waals surface area contributed by atoms with E-state index in [2.05, 4.69) is 9.97 Å². The van der Waals surface area contributed by atoms with Crippen molar-refractivity contribution < 1.29 is 28.3 Å². The monoisotopic (exact) mass is 476 g/mol. The fraction of sp³-hybridized carbons (Fsp3) is 0.360. The van der Waals surface area contributed by atoms with Gasteiger partial charge in [-0.15, -0.1) is 0 Å². The Kier molecular flexibility index (Phi) is 6.78. The molecule has 10 heteroatoms. The van der Waals surface area contributed by atoms with Crippen LogP contribution in [0.4, 0.5) is 0 Å². The maximum atomic E-state index is 13.7. The van der Waals surface area contributed by atoms with Gasteiger partial charge < -0.3 is 14.4 Å². The summed E-state index contributed by atoms with van der Waals surface area (Å²) in [6.45, 7) is 4.09. The molecule has 2 unspecified atom stereocenters. The lowest BCUT2D eigenvalue weighted by Crippen LogP contribution is -2.49. The maximum absolute atomic E-state index is 13.7. The molecular weight excluding hydrogens is 450 g/mol. The first kappa shape index (κ1) is 23.9. The molecule has 0 radical (unpaired) electrons. The van der Waals surface area contributed by atoms with Gasteiger partial charge >= 0.3 is 17.7 Å². The minimum atomic E-state index is -0.704. The van der Waals surface area contributed by atoms with Gasteiger partial charge in [0.15, 0.2) is 0 Å². The number of hydrogen-bond acceptors (Lipinski definition) is 8. The maximum Gasteiger partial charge on any atom is 0.385 e. The van der Waals surface area contributed by atoms with E-state index >= 15 is 0 Å². The van der Waals surface area contributed by atoms with Crippen molar-refractivity contribution in [2.75, 3.05) is 13.7 Å². The van der Waals surface area contributed by atoms with Gasteiger partial charge in [0.25, 0.3) is 5.91 Å². The molecule has 3 aromatic rings. The van der Waals surface area contributed by atoms with Gasteiger partial charge in [0, 0.05) is 24.1 Å². The predicted octanol–water partition coefficient (Wildman–Crippen LogP) is 2.60. The van der Waals surface area contributed by atoms with Crippen LogP contribution in [-0.4, -0.2) is 52.5 Å². The number of hydrogen-bond donors (Lipinski definition) is 0. The Bertz CT molecular complexity index is 1290. The summed E-state index contributed by atoms with van der Waals surface area (Å²) in [7, 11) is 2.98. The summed E-state index contributed by atoms with van der Waals surface area (Å²) in [6.07, 6.45) is 2.33. The number of likely N-dealkylation sites (tertiary alicyclic amines) is 1. The molecule has 1 aromatic carbocycles. The van der Waals surface area contributed by atoms with Crippen LogP contribution < -0.4 is 9.48 Å². The molecule has 1 aliphatic heterocycles. The van der Waals surface area contributed by atoms with Gasteiger partial charge in [-0.1, -0.05) is 16.9 Å². The van der Waals surface area contributed by atoms with Gasteiger partial charge in [-0.25, -0.2) is 9.78 Å². The van der Waals surface area contributed by atoms with Crippen molar-refractivity contribution in [1.29, 1.82) is 5.26 Å². The van der Waals surface area contributed by atoms with Crippen LogP contribution in [0.1, 0.15) is 51.9 Å². The number of methoxy groups -OCH3 is 1. The molecule has 0 spiro atoms. The number of rotatable bonds is 5. The summed E-state index contributed by atoms with van der Waals surface area (Å²) < 4.78 is 18.1. The van der Waals surface area contributed by atoms with E-state index in [4.69, 9.17) is 14.0 Å². The van der Waals surface area contributed by atoms with Crippen molar-refractivity contribution in [3.05, 3.63) is 59.0 Å². The minimum absolute atomic E-state index is 0.0195. The molecule has 0 aliphatic carbocycles. The van der Waals surface area contributed by atoms with Crippen LogP contribution in [0.15, 0.2) is 41.1 Å². The third-order valence-electron chi connectivity index (χ3n) is 6.13. The van der Waals surface area contributed by atoms with Crippen LogP contribution in [0.5, 0.6) is 5.88 Å². The molecular formula is C25H26N5O5+. The third kappa shape index (κ3) is 4.71. The Balaban J connectivity index is 1.61. The molecule has 0 saturated carbocycles. The second-order valence-electron chi connectivity index (χ2n) is 8.36. The van der Waals surface area contributed by atoms with Crippen molar-refractivity contribution in [3.63, 3.8) is 0 Å². The molecule has 4 rings (SSSR count). The number of benzene rings is 1. The number of pyridine rings is 1. The van der Waals surface area contributed by atoms with Gasteiger partial charge in [0.1, 0.15) is 24.8 Å². The van der Waals surface area contributed by atoms with E-state index in [9.17, 15) is 14.9 Å². The van der Waals surface area contributed by atoms with Crippen molar-refractivity contribution in [3.8, 4) is 23.4 Å². The fourth-order valence-electron chi connectivity index (χ4n) is 4.09. The minimum Gasteiger partial charge on any atom is -0.472 e. The van der Waals surface area contributed by atoms with E-state index in [0.29, 0.717) is 35.7 Å². The fourth-order valence-corrected chi connectivity index (χ4v) is 4.09. The molecule has 10 nitrogen and oxygen atoms in total. The number of aryl methyl sites for hydroxylation is 2. The Morgan fingerprint density at radius 3 is 2.71 bits per heavy atom. The topological polar surface area (TPSA) is 122 Å². The summed E-state index contributed by atoms with van der Waals surface area (Å²) >= 11 is 0. The highest BCUT2D eigenvalue weighted by Gasteiger charge is 2.34. The molecule has 0 N–H and O–H groups in total. The van der Waals surface area contributed by atoms with Crippen molar-refractivity contribution in [2.45, 2.75) is 38.8 Å². The first-order valence-corrected chi connectivity index (χ1v) is 11.2. The standard InChI is InChI=1S/C25H26N5O5/c1-15-9-10-18(34-23-21(25(32)33-4)17(13-26)11-12-27-23)14-30(15)24(31)20-8-6-5-7-19(20)22-28-16(2)29(3)35-22/h5-8,11-12,15,18H,9-10,14H2,1-4H3/q+1. The van der Waals surface area contributed by atoms with Crippen LogP contribution in [0.3, 0.4) is 0 Å². The van der Waals surface area contributed by atoms with Gasteiger partial charge in [-0.05, 0) is 38.0 Å². The SMILES string of the molecule is COC(=O)c1c(C#N)ccnc1OC1CCC(C)N(C(=O)c2ccccc2-c2nc(C)[n+](C)o2)C1. The lowest BCUT2D eigenvalue weighted by molar-refractivity contribution is -0.848. The number of aromatic nitrogens is 3. The lowest BCUT2D eigenvalue weighted by Gasteiger charge is -2.38. The van der Waals surface area contributed by atoms with Crippen LogP contribution in [0.25, 0.3) is 11.5 Å². The third-order valence-corrected chi connectivity index (χ3v) is 6.13. The largest absolute Gasteiger partial charge is 0.472 e. The molecule has 2 aromatic heterocycles. The van der Waals surface area contributed by atoms with E-state index in [1.54, 1.807) is 34.9 Å². The summed E-state index contributed by atoms with van der Waals surface area (Å²) in [5, 5.41) is 9.40. The lowest BCUT2D eigenvalue weighted by atomic mass is 9.98. The van der Waals surface area contributed by atoms with Crippen molar-refractivity contribution in [1.82, 2.24) is 14.9 Å². The molecule has 0 bridgehead atoms. The average Bonchev–Trinajstić information content (AvgIpc) is 3.21. The second-order valence-corrected chi connectivity index (χ2v) is 8.36. The Morgan fingerprint density at radius 1 is 1.26 bits per heavy atom. The van der Waals surface area contributed by atoms with Gasteiger partial charge in [-0.2, -0.15) is 5.26 Å². The van der Waals surface area contributed by atoms with Crippen molar-refractivity contribution >= 4 is 11.9 Å². The molecule has 180 valence electrons. The Hall–Kier alpha value is -4.26. The zero-order valence-electron chi connectivity index (χ0n) is 20.0. The first-order chi connectivity index (χ1) is 16.8. The molecule has 1 aliphatic rings. The highest BCUT2D eigenvalue weighted by molar-refractivity contribution is 6.00. The normalized spacial score (nSPS) is 17.5. The number of nitriles is 1. The van der Waals surface area contributed by atoms with Crippen LogP contribution in [0, 0.1) is 18.3 Å². The second kappa shape index (κ2) is 9.93. The molecule has 35 heavy (non-hydrogen) atoms. The van der Waals surface area contributed by atoms with Gasteiger partial charge in [-0.3, -0.25) is 9.32 Å². The Labute approximate surface area is 202 Å². The molecule has 1 saturated heterocycles. The Morgan fingerprint density at radius 2 is 2.03 bits per heavy atom. The quantitative estimate of drug-likeness (QED) is 0.407.